The van der Waals surface area contributed by atoms with Crippen molar-refractivity contribution in [2.45, 2.75) is 18.5 Å². The van der Waals surface area contributed by atoms with Gasteiger partial charge >= 0.3 is 6.03 Å². The SMILES string of the molecule is O=C1NC(c2ccccc2)(c2ccccc2)C(=O)N1CN1CCc2ccccc2C1. The number of hydrogen-bond donors (Lipinski definition) is 1. The van der Waals surface area contributed by atoms with Gasteiger partial charge in [-0.25, -0.2) is 9.69 Å². The van der Waals surface area contributed by atoms with Gasteiger partial charge in [-0.15, -0.1) is 0 Å². The molecule has 3 amide bonds. The Morgan fingerprint density at radius 1 is 0.767 bits per heavy atom. The fraction of sp³-hybridized carbons (Fsp3) is 0.200. The maximum absolute atomic E-state index is 13.8. The molecule has 5 heteroatoms. The van der Waals surface area contributed by atoms with E-state index in [2.05, 4.69) is 28.4 Å². The number of carbonyl (C=O) groups is 2. The van der Waals surface area contributed by atoms with Crippen molar-refractivity contribution < 1.29 is 9.59 Å². The van der Waals surface area contributed by atoms with Crippen LogP contribution in [0.1, 0.15) is 22.3 Å². The summed E-state index contributed by atoms with van der Waals surface area (Å²) >= 11 is 0. The average molecular weight is 397 g/mol. The topological polar surface area (TPSA) is 52.7 Å². The largest absolute Gasteiger partial charge is 0.326 e. The molecule has 0 bridgehead atoms. The van der Waals surface area contributed by atoms with Crippen LogP contribution >= 0.6 is 0 Å². The zero-order valence-corrected chi connectivity index (χ0v) is 16.6. The predicted octanol–water partition coefficient (Wildman–Crippen LogP) is 3.50. The third-order valence-corrected chi connectivity index (χ3v) is 6.07. The van der Waals surface area contributed by atoms with Gasteiger partial charge in [0.25, 0.3) is 5.91 Å². The molecule has 1 fully saturated rings. The van der Waals surface area contributed by atoms with Crippen molar-refractivity contribution in [2.24, 2.45) is 0 Å². The second kappa shape index (κ2) is 7.43. The van der Waals surface area contributed by atoms with Crippen molar-refractivity contribution in [2.75, 3.05) is 13.2 Å². The smallest absolute Gasteiger partial charge is 0.315 e. The summed E-state index contributed by atoms with van der Waals surface area (Å²) in [5, 5.41) is 3.02. The van der Waals surface area contributed by atoms with E-state index < -0.39 is 5.54 Å². The van der Waals surface area contributed by atoms with Gasteiger partial charge in [0.05, 0.1) is 6.67 Å². The first-order chi connectivity index (χ1) is 14.7. The minimum Gasteiger partial charge on any atom is -0.315 e. The maximum Gasteiger partial charge on any atom is 0.326 e. The highest BCUT2D eigenvalue weighted by atomic mass is 16.2. The van der Waals surface area contributed by atoms with Gasteiger partial charge in [-0.3, -0.25) is 9.69 Å². The van der Waals surface area contributed by atoms with Crippen molar-refractivity contribution in [1.29, 1.82) is 0 Å². The number of urea groups is 1. The highest BCUT2D eigenvalue weighted by molar-refractivity contribution is 6.09. The molecule has 2 aliphatic rings. The quantitative estimate of drug-likeness (QED) is 0.686. The van der Waals surface area contributed by atoms with E-state index in [4.69, 9.17) is 0 Å². The lowest BCUT2D eigenvalue weighted by Gasteiger charge is -2.32. The number of hydrogen-bond acceptors (Lipinski definition) is 3. The first kappa shape index (κ1) is 18.6. The maximum atomic E-state index is 13.8. The zero-order chi connectivity index (χ0) is 20.6. The van der Waals surface area contributed by atoms with Gasteiger partial charge in [0.1, 0.15) is 0 Å². The Labute approximate surface area is 175 Å². The van der Waals surface area contributed by atoms with Gasteiger partial charge < -0.3 is 5.32 Å². The molecular weight excluding hydrogens is 374 g/mol. The third-order valence-electron chi connectivity index (χ3n) is 6.07. The molecule has 0 spiro atoms. The van der Waals surface area contributed by atoms with Crippen LogP contribution in [-0.2, 0) is 23.3 Å². The first-order valence-electron chi connectivity index (χ1n) is 10.2. The minimum atomic E-state index is -1.20. The Kier molecular flexibility index (Phi) is 4.60. The Hall–Kier alpha value is -3.44. The lowest BCUT2D eigenvalue weighted by atomic mass is 9.83. The fourth-order valence-electron chi connectivity index (χ4n) is 4.51. The summed E-state index contributed by atoms with van der Waals surface area (Å²) < 4.78 is 0. The lowest BCUT2D eigenvalue weighted by Crippen LogP contribution is -2.47. The Balaban J connectivity index is 1.48. The monoisotopic (exact) mass is 397 g/mol. The van der Waals surface area contributed by atoms with Crippen LogP contribution < -0.4 is 5.32 Å². The molecule has 2 aliphatic heterocycles. The zero-order valence-electron chi connectivity index (χ0n) is 16.6. The van der Waals surface area contributed by atoms with Crippen LogP contribution in [0.4, 0.5) is 4.79 Å². The normalized spacial score (nSPS) is 18.2. The Bertz CT molecular complexity index is 1040. The second-order valence-electron chi connectivity index (χ2n) is 7.86. The number of nitrogens with one attached hydrogen (secondary N) is 1. The summed E-state index contributed by atoms with van der Waals surface area (Å²) in [4.78, 5) is 30.3. The highest BCUT2D eigenvalue weighted by Crippen LogP contribution is 2.36. The molecule has 0 saturated carbocycles. The molecular formula is C25H23N3O2. The van der Waals surface area contributed by atoms with E-state index in [0.29, 0.717) is 0 Å². The van der Waals surface area contributed by atoms with Crippen LogP contribution in [0.15, 0.2) is 84.9 Å². The third kappa shape index (κ3) is 2.99. The molecule has 30 heavy (non-hydrogen) atoms. The lowest BCUT2D eigenvalue weighted by molar-refractivity contribution is -0.131. The van der Waals surface area contributed by atoms with E-state index in [-0.39, 0.29) is 18.6 Å². The number of fused-ring (bicyclic) bond motifs is 1. The van der Waals surface area contributed by atoms with Crippen molar-refractivity contribution >= 4 is 11.9 Å². The molecule has 150 valence electrons. The summed E-state index contributed by atoms with van der Waals surface area (Å²) in [5.74, 6) is -0.233. The van der Waals surface area contributed by atoms with Crippen LogP contribution in [-0.4, -0.2) is 35.0 Å². The van der Waals surface area contributed by atoms with Gasteiger partial charge in [0.15, 0.2) is 5.54 Å². The Morgan fingerprint density at radius 3 is 1.97 bits per heavy atom. The minimum absolute atomic E-state index is 0.233. The van der Waals surface area contributed by atoms with E-state index in [1.165, 1.54) is 16.0 Å². The molecule has 1 saturated heterocycles. The van der Waals surface area contributed by atoms with Gasteiger partial charge in [-0.05, 0) is 28.7 Å². The van der Waals surface area contributed by atoms with Crippen molar-refractivity contribution in [3.63, 3.8) is 0 Å². The van der Waals surface area contributed by atoms with E-state index in [0.717, 1.165) is 30.6 Å². The second-order valence-corrected chi connectivity index (χ2v) is 7.86. The predicted molar refractivity (Wildman–Crippen MR) is 114 cm³/mol. The summed E-state index contributed by atoms with van der Waals surface area (Å²) in [7, 11) is 0. The standard InChI is InChI=1S/C25H23N3O2/c29-23-25(21-11-3-1-4-12-21,22-13-5-2-6-14-22)26-24(30)28(23)18-27-16-15-19-9-7-8-10-20(19)17-27/h1-14H,15-18H2,(H,26,30). The highest BCUT2D eigenvalue weighted by Gasteiger charge is 2.53. The van der Waals surface area contributed by atoms with Crippen molar-refractivity contribution in [1.82, 2.24) is 15.1 Å². The number of nitrogens with zero attached hydrogens (tertiary/aromatic N) is 2. The number of benzene rings is 3. The molecule has 0 radical (unpaired) electrons. The number of imide groups is 1. The van der Waals surface area contributed by atoms with Gasteiger partial charge in [0, 0.05) is 13.1 Å². The average Bonchev–Trinajstić information content (AvgIpc) is 3.06. The Morgan fingerprint density at radius 2 is 1.33 bits per heavy atom. The summed E-state index contributed by atoms with van der Waals surface area (Å²) in [6, 6.07) is 27.0. The summed E-state index contributed by atoms with van der Waals surface area (Å²) in [6.07, 6.45) is 0.919. The van der Waals surface area contributed by atoms with Crippen LogP contribution in [0.5, 0.6) is 0 Å². The van der Waals surface area contributed by atoms with Crippen LogP contribution in [0.2, 0.25) is 0 Å². The van der Waals surface area contributed by atoms with E-state index in [9.17, 15) is 9.59 Å². The molecule has 2 heterocycles. The van der Waals surface area contributed by atoms with E-state index in [1.807, 2.05) is 66.7 Å². The molecule has 5 nitrogen and oxygen atoms in total. The molecule has 0 atom stereocenters. The molecule has 0 aliphatic carbocycles. The number of amides is 3. The van der Waals surface area contributed by atoms with E-state index >= 15 is 0 Å². The molecule has 3 aromatic rings. The molecule has 0 aromatic heterocycles. The van der Waals surface area contributed by atoms with Gasteiger partial charge in [-0.2, -0.15) is 0 Å². The van der Waals surface area contributed by atoms with Crippen molar-refractivity contribution in [3.8, 4) is 0 Å². The first-order valence-corrected chi connectivity index (χ1v) is 10.2. The number of carbonyl (C=O) groups excluding carboxylic acids is 2. The summed E-state index contributed by atoms with van der Waals surface area (Å²) in [6.45, 7) is 1.83. The fourth-order valence-corrected chi connectivity index (χ4v) is 4.51. The van der Waals surface area contributed by atoms with Crippen LogP contribution in [0.25, 0.3) is 0 Å². The molecule has 1 N–H and O–H groups in total. The van der Waals surface area contributed by atoms with Gasteiger partial charge in [0.2, 0.25) is 0 Å². The molecule has 0 unspecified atom stereocenters. The van der Waals surface area contributed by atoms with Crippen LogP contribution in [0.3, 0.4) is 0 Å². The van der Waals surface area contributed by atoms with E-state index in [1.54, 1.807) is 0 Å². The van der Waals surface area contributed by atoms with Crippen LogP contribution in [0, 0.1) is 0 Å². The van der Waals surface area contributed by atoms with Gasteiger partial charge in [-0.1, -0.05) is 84.9 Å². The van der Waals surface area contributed by atoms with Crippen molar-refractivity contribution in [3.05, 3.63) is 107 Å². The molecule has 5 rings (SSSR count). The summed E-state index contributed by atoms with van der Waals surface area (Å²) in [5.41, 5.74) is 2.93. The molecule has 3 aromatic carbocycles. The number of rotatable bonds is 4.